The van der Waals surface area contributed by atoms with E-state index < -0.39 is 5.60 Å². The molecule has 256 valence electrons. The number of carbonyl (C=O) groups is 2. The molecule has 2 saturated heterocycles. The molecule has 1 aliphatic carbocycles. The van der Waals surface area contributed by atoms with Crippen molar-refractivity contribution in [3.63, 3.8) is 0 Å². The Hall–Kier alpha value is -3.32. The molecule has 2 amide bonds. The molecule has 1 saturated carbocycles. The highest BCUT2D eigenvalue weighted by Gasteiger charge is 2.51. The number of amides is 2. The normalized spacial score (nSPS) is 24.5. The number of pyridine rings is 1. The van der Waals surface area contributed by atoms with Crippen molar-refractivity contribution >= 4 is 17.7 Å². The fourth-order valence-corrected chi connectivity index (χ4v) is 7.06. The Morgan fingerprint density at radius 2 is 1.87 bits per heavy atom. The lowest BCUT2D eigenvalue weighted by Crippen LogP contribution is -2.65. The third-order valence-corrected chi connectivity index (χ3v) is 9.75. The first kappa shape index (κ1) is 33.6. The number of rotatable bonds is 7. The SMILES string of the molecule is C[C@@H]1CN(CC(=O)N2c3cc(Cc4ccc(F)cc4)c(CO)nc3OC[C@@H]2C)[C@@H](CN2CCOCC23CC3)CN1C(=O)OC(C)(C)C. The molecule has 6 rings (SSSR count). The van der Waals surface area contributed by atoms with Crippen LogP contribution in [0.2, 0.25) is 0 Å². The highest BCUT2D eigenvalue weighted by Crippen LogP contribution is 2.44. The highest BCUT2D eigenvalue weighted by atomic mass is 19.1. The van der Waals surface area contributed by atoms with E-state index in [-0.39, 0.29) is 61.2 Å². The second kappa shape index (κ2) is 13.3. The van der Waals surface area contributed by atoms with E-state index in [0.717, 1.165) is 43.7 Å². The van der Waals surface area contributed by atoms with Crippen molar-refractivity contribution in [1.82, 2.24) is 19.7 Å². The van der Waals surface area contributed by atoms with Crippen LogP contribution in [0.5, 0.6) is 5.88 Å². The van der Waals surface area contributed by atoms with Gasteiger partial charge in [0.1, 0.15) is 23.7 Å². The van der Waals surface area contributed by atoms with Crippen LogP contribution < -0.4 is 9.64 Å². The zero-order valence-electron chi connectivity index (χ0n) is 28.2. The summed E-state index contributed by atoms with van der Waals surface area (Å²) in [6.07, 6.45) is 2.27. The van der Waals surface area contributed by atoms with Gasteiger partial charge in [-0.1, -0.05) is 12.1 Å². The van der Waals surface area contributed by atoms with E-state index in [0.29, 0.717) is 43.4 Å². The van der Waals surface area contributed by atoms with E-state index >= 15 is 0 Å². The van der Waals surface area contributed by atoms with Crippen LogP contribution >= 0.6 is 0 Å². The van der Waals surface area contributed by atoms with Crippen molar-refractivity contribution in [2.24, 2.45) is 0 Å². The second-order valence-electron chi connectivity index (χ2n) is 14.6. The third kappa shape index (κ3) is 7.40. The van der Waals surface area contributed by atoms with Crippen molar-refractivity contribution in [3.05, 3.63) is 53.0 Å². The molecule has 3 fully saturated rings. The summed E-state index contributed by atoms with van der Waals surface area (Å²) in [4.78, 5) is 40.6. The number of benzene rings is 1. The van der Waals surface area contributed by atoms with Crippen LogP contribution in [0.15, 0.2) is 30.3 Å². The summed E-state index contributed by atoms with van der Waals surface area (Å²) >= 11 is 0. The number of ether oxygens (including phenoxy) is 3. The minimum atomic E-state index is -0.610. The van der Waals surface area contributed by atoms with Gasteiger partial charge in [-0.15, -0.1) is 0 Å². The van der Waals surface area contributed by atoms with Gasteiger partial charge in [0.05, 0.1) is 38.1 Å². The van der Waals surface area contributed by atoms with Crippen molar-refractivity contribution < 1.29 is 33.3 Å². The maximum atomic E-state index is 14.4. The van der Waals surface area contributed by atoms with Gasteiger partial charge in [-0.05, 0) is 83.2 Å². The summed E-state index contributed by atoms with van der Waals surface area (Å²) in [5.74, 6) is -0.0921. The molecule has 3 aliphatic heterocycles. The number of anilines is 1. The summed E-state index contributed by atoms with van der Waals surface area (Å²) in [5, 5.41) is 10.1. The van der Waals surface area contributed by atoms with E-state index in [2.05, 4.69) is 14.8 Å². The van der Waals surface area contributed by atoms with Crippen LogP contribution in [0.25, 0.3) is 0 Å². The van der Waals surface area contributed by atoms with Crippen molar-refractivity contribution in [2.75, 3.05) is 57.4 Å². The molecule has 47 heavy (non-hydrogen) atoms. The Morgan fingerprint density at radius 3 is 2.55 bits per heavy atom. The topological polar surface area (TPSA) is 108 Å². The number of piperazine rings is 1. The molecule has 0 unspecified atom stereocenters. The van der Waals surface area contributed by atoms with Gasteiger partial charge in [0.2, 0.25) is 11.8 Å². The Kier molecular flexibility index (Phi) is 9.50. The standard InChI is InChI=1S/C35H48FN5O6/c1-23-16-38(28(18-40(23)33(44)47-34(3,4)5)17-39-12-13-45-22-35(39)10-11-35)19-31(43)41-24(2)21-46-32-30(41)15-26(29(20-42)37-32)14-25-6-8-27(36)9-7-25/h6-9,15,23-24,28,42H,10-14,16-22H2,1-5H3/t23-,24+,28+/m1/s1. The fraction of sp³-hybridized carbons (Fsp3) is 0.629. The average Bonchev–Trinajstić information content (AvgIpc) is 3.79. The average molecular weight is 654 g/mol. The molecule has 4 heterocycles. The molecular weight excluding hydrogens is 605 g/mol. The summed E-state index contributed by atoms with van der Waals surface area (Å²) in [6.45, 7) is 13.6. The molecule has 12 heteroatoms. The zero-order chi connectivity index (χ0) is 33.5. The largest absolute Gasteiger partial charge is 0.474 e. The van der Waals surface area contributed by atoms with Crippen LogP contribution in [0.1, 0.15) is 64.3 Å². The van der Waals surface area contributed by atoms with Crippen LogP contribution in [0, 0.1) is 5.82 Å². The Labute approximate surface area is 276 Å². The first-order chi connectivity index (χ1) is 22.4. The molecule has 4 aliphatic rings. The summed E-state index contributed by atoms with van der Waals surface area (Å²) in [5.41, 5.74) is 2.07. The number of aliphatic hydroxyl groups is 1. The van der Waals surface area contributed by atoms with Crippen LogP contribution in [0.4, 0.5) is 14.9 Å². The number of morpholine rings is 1. The maximum Gasteiger partial charge on any atom is 0.410 e. The predicted octanol–water partition coefficient (Wildman–Crippen LogP) is 3.59. The number of aliphatic hydroxyl groups excluding tert-OH is 1. The predicted molar refractivity (Wildman–Crippen MR) is 174 cm³/mol. The van der Waals surface area contributed by atoms with Gasteiger partial charge in [0.25, 0.3) is 0 Å². The molecule has 3 atom stereocenters. The van der Waals surface area contributed by atoms with E-state index in [4.69, 9.17) is 14.2 Å². The Bertz CT molecular complexity index is 1460. The molecular formula is C35H48FN5O6. The molecule has 1 spiro atoms. The number of carbonyl (C=O) groups excluding carboxylic acids is 2. The minimum Gasteiger partial charge on any atom is -0.474 e. The smallest absolute Gasteiger partial charge is 0.410 e. The van der Waals surface area contributed by atoms with Gasteiger partial charge >= 0.3 is 6.09 Å². The minimum absolute atomic E-state index is 0.0579. The van der Waals surface area contributed by atoms with Gasteiger partial charge in [-0.3, -0.25) is 14.6 Å². The van der Waals surface area contributed by atoms with Crippen LogP contribution in [0.3, 0.4) is 0 Å². The van der Waals surface area contributed by atoms with Gasteiger partial charge in [0, 0.05) is 43.8 Å². The monoisotopic (exact) mass is 653 g/mol. The van der Waals surface area contributed by atoms with Crippen LogP contribution in [-0.4, -0.2) is 119 Å². The Morgan fingerprint density at radius 1 is 1.13 bits per heavy atom. The van der Waals surface area contributed by atoms with Gasteiger partial charge < -0.3 is 29.1 Å². The first-order valence-corrected chi connectivity index (χ1v) is 16.8. The second-order valence-corrected chi connectivity index (χ2v) is 14.6. The summed E-state index contributed by atoms with van der Waals surface area (Å²) in [6, 6.07) is 7.61. The van der Waals surface area contributed by atoms with Gasteiger partial charge in [-0.2, -0.15) is 0 Å². The fourth-order valence-electron chi connectivity index (χ4n) is 7.06. The maximum absolute atomic E-state index is 14.4. The molecule has 11 nitrogen and oxygen atoms in total. The molecule has 1 aromatic carbocycles. The molecule has 2 aromatic rings. The number of aromatic nitrogens is 1. The van der Waals surface area contributed by atoms with Crippen molar-refractivity contribution in [3.8, 4) is 5.88 Å². The number of hydrogen-bond acceptors (Lipinski definition) is 9. The zero-order valence-corrected chi connectivity index (χ0v) is 28.2. The quantitative estimate of drug-likeness (QED) is 0.480. The lowest BCUT2D eigenvalue weighted by atomic mass is 10.0. The number of nitrogens with zero attached hydrogens (tertiary/aromatic N) is 5. The summed E-state index contributed by atoms with van der Waals surface area (Å²) < 4.78 is 31.2. The lowest BCUT2D eigenvalue weighted by Gasteiger charge is -2.48. The number of fused-ring (bicyclic) bond motifs is 1. The van der Waals surface area contributed by atoms with E-state index in [9.17, 15) is 19.1 Å². The number of halogens is 1. The van der Waals surface area contributed by atoms with Crippen LogP contribution in [-0.2, 0) is 27.3 Å². The molecule has 1 aromatic heterocycles. The molecule has 1 N–H and O–H groups in total. The van der Waals surface area contributed by atoms with Crippen molar-refractivity contribution in [2.45, 2.75) is 89.8 Å². The van der Waals surface area contributed by atoms with Gasteiger partial charge in [-0.25, -0.2) is 14.2 Å². The van der Waals surface area contributed by atoms with E-state index in [1.54, 1.807) is 17.0 Å². The van der Waals surface area contributed by atoms with E-state index in [1.165, 1.54) is 12.1 Å². The van der Waals surface area contributed by atoms with Gasteiger partial charge in [0.15, 0.2) is 0 Å². The third-order valence-electron chi connectivity index (χ3n) is 9.75. The lowest BCUT2D eigenvalue weighted by molar-refractivity contribution is -0.122. The number of hydrogen-bond donors (Lipinski definition) is 1. The van der Waals surface area contributed by atoms with Crippen molar-refractivity contribution in [1.29, 1.82) is 0 Å². The highest BCUT2D eigenvalue weighted by molar-refractivity contribution is 5.97. The summed E-state index contributed by atoms with van der Waals surface area (Å²) in [7, 11) is 0. The molecule has 0 bridgehead atoms. The molecule has 0 radical (unpaired) electrons. The van der Waals surface area contributed by atoms with E-state index in [1.807, 2.05) is 45.6 Å². The Balaban J connectivity index is 1.25. The first-order valence-electron chi connectivity index (χ1n) is 16.8.